The van der Waals surface area contributed by atoms with Gasteiger partial charge in [-0.1, -0.05) is 6.92 Å². The number of rotatable bonds is 6. The monoisotopic (exact) mass is 297 g/mol. The molecule has 0 bridgehead atoms. The van der Waals surface area contributed by atoms with Crippen LogP contribution in [0.4, 0.5) is 0 Å². The molecule has 1 aromatic heterocycles. The zero-order valence-electron chi connectivity index (χ0n) is 13.4. The van der Waals surface area contributed by atoms with Gasteiger partial charge in [-0.05, 0) is 20.4 Å². The highest BCUT2D eigenvalue weighted by Crippen LogP contribution is 2.31. The Morgan fingerprint density at radius 1 is 1.57 bits per heavy atom. The van der Waals surface area contributed by atoms with E-state index in [0.29, 0.717) is 0 Å². The largest absolute Gasteiger partial charge is 0.493 e. The summed E-state index contributed by atoms with van der Waals surface area (Å²) in [7, 11) is 1.65. The number of hydrogen-bond donors (Lipinski definition) is 2. The summed E-state index contributed by atoms with van der Waals surface area (Å²) in [4.78, 5) is 2.36. The lowest BCUT2D eigenvalue weighted by atomic mass is 10.0. The van der Waals surface area contributed by atoms with Gasteiger partial charge in [0.25, 0.3) is 0 Å². The first-order chi connectivity index (χ1) is 10.1. The maximum atomic E-state index is 5.94. The van der Waals surface area contributed by atoms with Crippen LogP contribution in [0.1, 0.15) is 38.5 Å². The highest BCUT2D eigenvalue weighted by molar-refractivity contribution is 5.29. The van der Waals surface area contributed by atoms with Gasteiger partial charge in [-0.3, -0.25) is 15.4 Å². The lowest BCUT2D eigenvalue weighted by Gasteiger charge is -2.36. The molecule has 2 rings (SSSR count). The minimum absolute atomic E-state index is 0.0215. The molecule has 1 aliphatic rings. The topological polar surface area (TPSA) is 77.6 Å². The molecular weight excluding hydrogens is 270 g/mol. The van der Waals surface area contributed by atoms with Gasteiger partial charge >= 0.3 is 0 Å². The Hall–Kier alpha value is -1.15. The number of hydrogen-bond acceptors (Lipinski definition) is 6. The van der Waals surface area contributed by atoms with Gasteiger partial charge < -0.3 is 9.47 Å². The van der Waals surface area contributed by atoms with Crippen LogP contribution in [0.15, 0.2) is 6.20 Å². The molecule has 2 atom stereocenters. The van der Waals surface area contributed by atoms with Crippen molar-refractivity contribution in [1.29, 1.82) is 0 Å². The molecule has 7 heteroatoms. The number of methoxy groups -OCH3 is 1. The van der Waals surface area contributed by atoms with Crippen molar-refractivity contribution in [2.75, 3.05) is 33.4 Å². The second kappa shape index (κ2) is 7.22. The zero-order chi connectivity index (χ0) is 15.4. The molecule has 0 spiro atoms. The van der Waals surface area contributed by atoms with Crippen LogP contribution in [0, 0.1) is 0 Å². The molecule has 0 aliphatic carbocycles. The first-order valence-electron chi connectivity index (χ1n) is 7.53. The van der Waals surface area contributed by atoms with E-state index < -0.39 is 0 Å². The molecule has 1 saturated heterocycles. The Labute approximate surface area is 126 Å². The van der Waals surface area contributed by atoms with Gasteiger partial charge in [-0.2, -0.15) is 5.10 Å². The van der Waals surface area contributed by atoms with E-state index >= 15 is 0 Å². The summed E-state index contributed by atoms with van der Waals surface area (Å²) in [6.45, 7) is 9.87. The van der Waals surface area contributed by atoms with Crippen LogP contribution >= 0.6 is 0 Å². The lowest BCUT2D eigenvalue weighted by Crippen LogP contribution is -2.50. The maximum Gasteiger partial charge on any atom is 0.161 e. The van der Waals surface area contributed by atoms with E-state index in [2.05, 4.69) is 36.2 Å². The average Bonchev–Trinajstić information content (AvgIpc) is 2.92. The van der Waals surface area contributed by atoms with Gasteiger partial charge in [0.05, 0.1) is 32.1 Å². The van der Waals surface area contributed by atoms with Crippen LogP contribution in [-0.4, -0.2) is 54.1 Å². The molecule has 2 heterocycles. The normalized spacial score (nSPS) is 21.7. The fourth-order valence-corrected chi connectivity index (χ4v) is 2.80. The standard InChI is InChI=1S/C14H27N5O2/c1-5-18-6-7-21-12(9-18)13(17-15)14-11(20-4)8-16-19(14)10(2)3/h8,10,12-13,17H,5-7,9,15H2,1-4H3. The fourth-order valence-electron chi connectivity index (χ4n) is 2.80. The fraction of sp³-hybridized carbons (Fsp3) is 0.786. The molecule has 0 saturated carbocycles. The van der Waals surface area contributed by atoms with Crippen molar-refractivity contribution in [2.24, 2.45) is 5.84 Å². The lowest BCUT2D eigenvalue weighted by molar-refractivity contribution is -0.0474. The van der Waals surface area contributed by atoms with Crippen molar-refractivity contribution < 1.29 is 9.47 Å². The molecule has 0 amide bonds. The van der Waals surface area contributed by atoms with E-state index in [9.17, 15) is 0 Å². The average molecular weight is 297 g/mol. The van der Waals surface area contributed by atoms with Crippen LogP contribution < -0.4 is 16.0 Å². The highest BCUT2D eigenvalue weighted by Gasteiger charge is 2.33. The van der Waals surface area contributed by atoms with Crippen LogP contribution in [0.3, 0.4) is 0 Å². The van der Waals surface area contributed by atoms with Gasteiger partial charge in [-0.15, -0.1) is 0 Å². The number of aromatic nitrogens is 2. The number of hydrazine groups is 1. The molecule has 2 unspecified atom stereocenters. The van der Waals surface area contributed by atoms with E-state index in [-0.39, 0.29) is 18.2 Å². The summed E-state index contributed by atoms with van der Waals surface area (Å²) < 4.78 is 13.3. The predicted octanol–water partition coefficient (Wildman–Crippen LogP) is 0.698. The molecule has 21 heavy (non-hydrogen) atoms. The highest BCUT2D eigenvalue weighted by atomic mass is 16.5. The van der Waals surface area contributed by atoms with Gasteiger partial charge in [0.2, 0.25) is 0 Å². The summed E-state index contributed by atoms with van der Waals surface area (Å²) in [6, 6.07) is 0.0739. The number of ether oxygens (including phenoxy) is 2. The number of nitrogens with one attached hydrogen (secondary N) is 1. The summed E-state index contributed by atoms with van der Waals surface area (Å²) >= 11 is 0. The number of nitrogens with zero attached hydrogens (tertiary/aromatic N) is 3. The van der Waals surface area contributed by atoms with E-state index in [0.717, 1.165) is 37.7 Å². The van der Waals surface area contributed by atoms with Crippen LogP contribution in [-0.2, 0) is 4.74 Å². The summed E-state index contributed by atoms with van der Waals surface area (Å²) in [6.07, 6.45) is 1.71. The molecule has 3 N–H and O–H groups in total. The molecule has 0 aromatic carbocycles. The quantitative estimate of drug-likeness (QED) is 0.594. The van der Waals surface area contributed by atoms with Crippen molar-refractivity contribution in [2.45, 2.75) is 39.0 Å². The van der Waals surface area contributed by atoms with Crippen LogP contribution in [0.2, 0.25) is 0 Å². The number of morpholine rings is 1. The van der Waals surface area contributed by atoms with Gasteiger partial charge in [0, 0.05) is 19.1 Å². The van der Waals surface area contributed by atoms with Crippen molar-refractivity contribution in [3.05, 3.63) is 11.9 Å². The van der Waals surface area contributed by atoms with Crippen LogP contribution in [0.25, 0.3) is 0 Å². The maximum absolute atomic E-state index is 5.94. The Bertz CT molecular complexity index is 449. The van der Waals surface area contributed by atoms with Crippen molar-refractivity contribution in [1.82, 2.24) is 20.1 Å². The molecule has 1 fully saturated rings. The molecule has 120 valence electrons. The van der Waals surface area contributed by atoms with E-state index in [1.165, 1.54) is 0 Å². The third-order valence-electron chi connectivity index (χ3n) is 3.98. The molecule has 7 nitrogen and oxygen atoms in total. The molecule has 1 aliphatic heterocycles. The number of nitrogens with two attached hydrogens (primary N) is 1. The van der Waals surface area contributed by atoms with Crippen molar-refractivity contribution >= 4 is 0 Å². The Kier molecular flexibility index (Phi) is 5.58. The number of likely N-dealkylation sites (N-methyl/N-ethyl adjacent to an activating group) is 1. The summed E-state index contributed by atoms with van der Waals surface area (Å²) in [5.74, 6) is 6.57. The van der Waals surface area contributed by atoms with E-state index in [1.807, 2.05) is 4.68 Å². The van der Waals surface area contributed by atoms with E-state index in [1.54, 1.807) is 13.3 Å². The Balaban J connectivity index is 2.30. The second-order valence-electron chi connectivity index (χ2n) is 5.58. The first kappa shape index (κ1) is 16.2. The minimum atomic E-state index is -0.154. The van der Waals surface area contributed by atoms with Crippen molar-refractivity contribution in [3.8, 4) is 5.75 Å². The third-order valence-corrected chi connectivity index (χ3v) is 3.98. The zero-order valence-corrected chi connectivity index (χ0v) is 13.4. The minimum Gasteiger partial charge on any atom is -0.493 e. The Morgan fingerprint density at radius 2 is 2.33 bits per heavy atom. The van der Waals surface area contributed by atoms with Gasteiger partial charge in [0.1, 0.15) is 5.69 Å². The van der Waals surface area contributed by atoms with Gasteiger partial charge in [-0.25, -0.2) is 5.43 Å². The predicted molar refractivity (Wildman–Crippen MR) is 81.1 cm³/mol. The van der Waals surface area contributed by atoms with E-state index in [4.69, 9.17) is 15.3 Å². The molecule has 0 radical (unpaired) electrons. The molecule has 1 aromatic rings. The third kappa shape index (κ3) is 3.37. The molecular formula is C14H27N5O2. The van der Waals surface area contributed by atoms with Crippen molar-refractivity contribution in [3.63, 3.8) is 0 Å². The van der Waals surface area contributed by atoms with Gasteiger partial charge in [0.15, 0.2) is 5.75 Å². The smallest absolute Gasteiger partial charge is 0.161 e. The SMILES string of the molecule is CCN1CCOC(C(NN)c2c(OC)cnn2C(C)C)C1. The Morgan fingerprint density at radius 3 is 2.90 bits per heavy atom. The summed E-state index contributed by atoms with van der Waals surface area (Å²) in [5, 5.41) is 4.42. The first-order valence-corrected chi connectivity index (χ1v) is 7.53. The van der Waals surface area contributed by atoms with Crippen LogP contribution in [0.5, 0.6) is 5.75 Å². The second-order valence-corrected chi connectivity index (χ2v) is 5.58. The summed E-state index contributed by atoms with van der Waals surface area (Å²) in [5.41, 5.74) is 3.84.